The number of anilines is 1. The highest BCUT2D eigenvalue weighted by molar-refractivity contribution is 5.40. The SMILES string of the molecule is NCC1CCNc2cc(C3CCNCC3)nn21. The number of nitrogens with one attached hydrogen (secondary N) is 2. The molecule has 0 amide bonds. The van der Waals surface area contributed by atoms with Gasteiger partial charge < -0.3 is 16.4 Å². The van der Waals surface area contributed by atoms with Crippen molar-refractivity contribution in [3.63, 3.8) is 0 Å². The van der Waals surface area contributed by atoms with Crippen LogP contribution in [-0.2, 0) is 0 Å². The summed E-state index contributed by atoms with van der Waals surface area (Å²) in [4.78, 5) is 0. The molecule has 4 N–H and O–H groups in total. The largest absolute Gasteiger partial charge is 0.370 e. The van der Waals surface area contributed by atoms with Crippen LogP contribution in [-0.4, -0.2) is 36.0 Å². The van der Waals surface area contributed by atoms with Gasteiger partial charge in [-0.25, -0.2) is 4.68 Å². The Hall–Kier alpha value is -1.07. The Morgan fingerprint density at radius 2 is 2.12 bits per heavy atom. The first kappa shape index (κ1) is 11.0. The summed E-state index contributed by atoms with van der Waals surface area (Å²) in [5.74, 6) is 1.77. The van der Waals surface area contributed by atoms with Gasteiger partial charge in [-0.15, -0.1) is 0 Å². The summed E-state index contributed by atoms with van der Waals surface area (Å²) in [6, 6.07) is 2.60. The fourth-order valence-corrected chi connectivity index (χ4v) is 2.85. The number of aromatic nitrogens is 2. The monoisotopic (exact) mass is 235 g/mol. The highest BCUT2D eigenvalue weighted by Crippen LogP contribution is 2.30. The zero-order valence-corrected chi connectivity index (χ0v) is 10.2. The summed E-state index contributed by atoms with van der Waals surface area (Å²) < 4.78 is 2.10. The van der Waals surface area contributed by atoms with Crippen LogP contribution >= 0.6 is 0 Å². The van der Waals surface area contributed by atoms with E-state index in [1.54, 1.807) is 0 Å². The molecule has 5 nitrogen and oxygen atoms in total. The van der Waals surface area contributed by atoms with Crippen molar-refractivity contribution < 1.29 is 0 Å². The molecule has 3 rings (SSSR count). The molecule has 94 valence electrons. The van der Waals surface area contributed by atoms with Crippen LogP contribution in [0.2, 0.25) is 0 Å². The molecule has 1 fully saturated rings. The highest BCUT2D eigenvalue weighted by Gasteiger charge is 2.24. The maximum absolute atomic E-state index is 5.81. The number of hydrogen-bond donors (Lipinski definition) is 3. The van der Waals surface area contributed by atoms with Gasteiger partial charge in [0.15, 0.2) is 0 Å². The lowest BCUT2D eigenvalue weighted by Crippen LogP contribution is -2.29. The second kappa shape index (κ2) is 4.66. The van der Waals surface area contributed by atoms with Crippen molar-refractivity contribution in [2.75, 3.05) is 31.5 Å². The molecule has 0 bridgehead atoms. The zero-order chi connectivity index (χ0) is 11.7. The molecule has 3 heterocycles. The van der Waals surface area contributed by atoms with Crippen LogP contribution < -0.4 is 16.4 Å². The third kappa shape index (κ3) is 2.05. The van der Waals surface area contributed by atoms with Crippen molar-refractivity contribution in [1.82, 2.24) is 15.1 Å². The number of rotatable bonds is 2. The third-order valence-electron chi connectivity index (χ3n) is 3.91. The van der Waals surface area contributed by atoms with E-state index in [-0.39, 0.29) is 0 Å². The van der Waals surface area contributed by atoms with E-state index in [1.807, 2.05) is 0 Å². The Bertz CT molecular complexity index is 380. The van der Waals surface area contributed by atoms with Crippen molar-refractivity contribution in [3.05, 3.63) is 11.8 Å². The van der Waals surface area contributed by atoms with E-state index in [0.717, 1.165) is 31.9 Å². The molecule has 1 aromatic rings. The molecule has 0 spiro atoms. The third-order valence-corrected chi connectivity index (χ3v) is 3.91. The molecule has 1 saturated heterocycles. The van der Waals surface area contributed by atoms with Gasteiger partial charge in [0.05, 0.1) is 11.7 Å². The van der Waals surface area contributed by atoms with Crippen molar-refractivity contribution >= 4 is 5.82 Å². The Labute approximate surface area is 102 Å². The van der Waals surface area contributed by atoms with E-state index < -0.39 is 0 Å². The van der Waals surface area contributed by atoms with Crippen molar-refractivity contribution in [3.8, 4) is 0 Å². The average molecular weight is 235 g/mol. The van der Waals surface area contributed by atoms with Crippen LogP contribution in [0.3, 0.4) is 0 Å². The maximum Gasteiger partial charge on any atom is 0.124 e. The van der Waals surface area contributed by atoms with Crippen molar-refractivity contribution in [2.24, 2.45) is 5.73 Å². The predicted molar refractivity (Wildman–Crippen MR) is 68.3 cm³/mol. The molecule has 1 atom stereocenters. The summed E-state index contributed by atoms with van der Waals surface area (Å²) in [5, 5.41) is 11.6. The number of nitrogens with zero attached hydrogens (tertiary/aromatic N) is 2. The van der Waals surface area contributed by atoms with Crippen LogP contribution in [0.1, 0.15) is 36.9 Å². The molecule has 5 heteroatoms. The average Bonchev–Trinajstić information content (AvgIpc) is 2.83. The number of fused-ring (bicyclic) bond motifs is 1. The number of piperidine rings is 1. The number of nitrogens with two attached hydrogens (primary N) is 1. The lowest BCUT2D eigenvalue weighted by Gasteiger charge is -2.24. The first-order valence-electron chi connectivity index (χ1n) is 6.62. The molecule has 2 aliphatic heterocycles. The molecule has 0 aliphatic carbocycles. The second-order valence-corrected chi connectivity index (χ2v) is 5.03. The lowest BCUT2D eigenvalue weighted by molar-refractivity contribution is 0.409. The normalized spacial score (nSPS) is 25.4. The van der Waals surface area contributed by atoms with Crippen LogP contribution in [0, 0.1) is 0 Å². The Morgan fingerprint density at radius 3 is 2.88 bits per heavy atom. The first-order chi connectivity index (χ1) is 8.38. The van der Waals surface area contributed by atoms with Crippen LogP contribution in [0.25, 0.3) is 0 Å². The van der Waals surface area contributed by atoms with E-state index in [2.05, 4.69) is 21.4 Å². The number of hydrogen-bond acceptors (Lipinski definition) is 4. The molecule has 0 saturated carbocycles. The molecule has 1 aromatic heterocycles. The first-order valence-corrected chi connectivity index (χ1v) is 6.62. The minimum Gasteiger partial charge on any atom is -0.370 e. The summed E-state index contributed by atoms with van der Waals surface area (Å²) >= 11 is 0. The van der Waals surface area contributed by atoms with Gasteiger partial charge in [0.1, 0.15) is 5.82 Å². The van der Waals surface area contributed by atoms with Crippen LogP contribution in [0.5, 0.6) is 0 Å². The maximum atomic E-state index is 5.81. The van der Waals surface area contributed by atoms with Crippen molar-refractivity contribution in [2.45, 2.75) is 31.2 Å². The lowest BCUT2D eigenvalue weighted by atomic mass is 9.95. The fraction of sp³-hybridized carbons (Fsp3) is 0.750. The van der Waals surface area contributed by atoms with Gasteiger partial charge in [0, 0.05) is 25.1 Å². The van der Waals surface area contributed by atoms with Crippen molar-refractivity contribution in [1.29, 1.82) is 0 Å². The van der Waals surface area contributed by atoms with Gasteiger partial charge in [0.2, 0.25) is 0 Å². The van der Waals surface area contributed by atoms with Gasteiger partial charge in [-0.3, -0.25) is 0 Å². The van der Waals surface area contributed by atoms with E-state index in [0.29, 0.717) is 18.5 Å². The molecule has 0 aromatic carbocycles. The van der Waals surface area contributed by atoms with Crippen LogP contribution in [0.4, 0.5) is 5.82 Å². The van der Waals surface area contributed by atoms with Gasteiger partial charge in [-0.2, -0.15) is 5.10 Å². The standard InChI is InChI=1S/C12H21N5/c13-8-10-3-6-15-12-7-11(16-17(10)12)9-1-4-14-5-2-9/h7,9-10,14-15H,1-6,8,13H2. The van der Waals surface area contributed by atoms with Gasteiger partial charge in [-0.1, -0.05) is 0 Å². The molecule has 2 aliphatic rings. The minimum absolute atomic E-state index is 0.377. The Balaban J connectivity index is 1.84. The van der Waals surface area contributed by atoms with E-state index in [4.69, 9.17) is 10.8 Å². The van der Waals surface area contributed by atoms with Gasteiger partial charge in [-0.05, 0) is 32.4 Å². The summed E-state index contributed by atoms with van der Waals surface area (Å²) in [5.41, 5.74) is 7.05. The summed E-state index contributed by atoms with van der Waals surface area (Å²) in [6.07, 6.45) is 3.48. The molecular formula is C12H21N5. The van der Waals surface area contributed by atoms with E-state index in [9.17, 15) is 0 Å². The Kier molecular flexibility index (Phi) is 3.03. The minimum atomic E-state index is 0.377. The topological polar surface area (TPSA) is 67.9 Å². The smallest absolute Gasteiger partial charge is 0.124 e. The molecular weight excluding hydrogens is 214 g/mol. The molecule has 17 heavy (non-hydrogen) atoms. The van der Waals surface area contributed by atoms with Crippen LogP contribution in [0.15, 0.2) is 6.07 Å². The zero-order valence-electron chi connectivity index (χ0n) is 10.2. The van der Waals surface area contributed by atoms with E-state index in [1.165, 1.54) is 18.5 Å². The second-order valence-electron chi connectivity index (χ2n) is 5.03. The van der Waals surface area contributed by atoms with E-state index >= 15 is 0 Å². The molecule has 1 unspecified atom stereocenters. The summed E-state index contributed by atoms with van der Waals surface area (Å²) in [6.45, 7) is 3.92. The Morgan fingerprint density at radius 1 is 1.29 bits per heavy atom. The highest BCUT2D eigenvalue weighted by atomic mass is 15.4. The fourth-order valence-electron chi connectivity index (χ4n) is 2.85. The molecule has 0 radical (unpaired) electrons. The van der Waals surface area contributed by atoms with Gasteiger partial charge >= 0.3 is 0 Å². The predicted octanol–water partition coefficient (Wildman–Crippen LogP) is 0.665. The quantitative estimate of drug-likeness (QED) is 0.704. The summed E-state index contributed by atoms with van der Waals surface area (Å²) in [7, 11) is 0. The van der Waals surface area contributed by atoms with Gasteiger partial charge in [0.25, 0.3) is 0 Å².